The second-order valence-electron chi connectivity index (χ2n) is 4.79. The second-order valence-corrected chi connectivity index (χ2v) is 4.79. The molecule has 2 aromatic carbocycles. The maximum atomic E-state index is 11.6. The minimum atomic E-state index is -0.975. The fourth-order valence-corrected chi connectivity index (χ4v) is 2.24. The first-order valence-electron chi connectivity index (χ1n) is 6.56. The van der Waals surface area contributed by atoms with Crippen LogP contribution < -0.4 is 9.47 Å². The van der Waals surface area contributed by atoms with Gasteiger partial charge in [0.15, 0.2) is 11.5 Å². The second kappa shape index (κ2) is 5.32. The Morgan fingerprint density at radius 3 is 2.67 bits per heavy atom. The largest absolute Gasteiger partial charge is 0.478 e. The molecule has 0 aromatic heterocycles. The van der Waals surface area contributed by atoms with Gasteiger partial charge in [-0.1, -0.05) is 30.3 Å². The predicted molar refractivity (Wildman–Crippen MR) is 79.3 cm³/mol. The minimum absolute atomic E-state index is 0.169. The van der Waals surface area contributed by atoms with Crippen molar-refractivity contribution in [3.8, 4) is 11.5 Å². The SMILES string of the molecule is Cc1ccccc1/C=C(\C(=O)O)c1ccc2c(c1)OCO2. The molecule has 0 aliphatic carbocycles. The van der Waals surface area contributed by atoms with Gasteiger partial charge in [-0.2, -0.15) is 0 Å². The number of carbonyl (C=O) groups is 1. The van der Waals surface area contributed by atoms with Crippen LogP contribution in [0.4, 0.5) is 0 Å². The van der Waals surface area contributed by atoms with E-state index in [0.29, 0.717) is 17.1 Å². The lowest BCUT2D eigenvalue weighted by Gasteiger charge is -2.06. The van der Waals surface area contributed by atoms with Crippen molar-refractivity contribution in [2.24, 2.45) is 0 Å². The summed E-state index contributed by atoms with van der Waals surface area (Å²) in [4.78, 5) is 11.6. The average Bonchev–Trinajstić information content (AvgIpc) is 2.93. The molecule has 2 aromatic rings. The van der Waals surface area contributed by atoms with E-state index in [4.69, 9.17) is 9.47 Å². The van der Waals surface area contributed by atoms with Gasteiger partial charge in [-0.15, -0.1) is 0 Å². The zero-order valence-corrected chi connectivity index (χ0v) is 11.5. The number of aryl methyl sites for hydroxylation is 1. The average molecular weight is 282 g/mol. The molecule has 0 saturated heterocycles. The maximum absolute atomic E-state index is 11.6. The quantitative estimate of drug-likeness (QED) is 0.693. The monoisotopic (exact) mass is 282 g/mol. The van der Waals surface area contributed by atoms with Crippen LogP contribution in [0.5, 0.6) is 11.5 Å². The van der Waals surface area contributed by atoms with E-state index in [1.54, 1.807) is 24.3 Å². The Hall–Kier alpha value is -2.75. The maximum Gasteiger partial charge on any atom is 0.336 e. The van der Waals surface area contributed by atoms with E-state index in [1.165, 1.54) is 0 Å². The van der Waals surface area contributed by atoms with Crippen LogP contribution in [0.1, 0.15) is 16.7 Å². The number of ether oxygens (including phenoxy) is 2. The molecule has 4 nitrogen and oxygen atoms in total. The molecule has 0 radical (unpaired) electrons. The third-order valence-corrected chi connectivity index (χ3v) is 3.40. The molecule has 0 fully saturated rings. The Balaban J connectivity index is 2.07. The van der Waals surface area contributed by atoms with Gasteiger partial charge in [0.05, 0.1) is 5.57 Å². The lowest BCUT2D eigenvalue weighted by Crippen LogP contribution is -2.00. The fourth-order valence-electron chi connectivity index (χ4n) is 2.24. The highest BCUT2D eigenvalue weighted by Gasteiger charge is 2.17. The van der Waals surface area contributed by atoms with Crippen molar-refractivity contribution >= 4 is 17.6 Å². The number of hydrogen-bond acceptors (Lipinski definition) is 3. The van der Waals surface area contributed by atoms with Crippen LogP contribution in [0.15, 0.2) is 42.5 Å². The highest BCUT2D eigenvalue weighted by atomic mass is 16.7. The molecule has 3 rings (SSSR count). The molecule has 21 heavy (non-hydrogen) atoms. The van der Waals surface area contributed by atoms with Crippen LogP contribution in [0.25, 0.3) is 11.6 Å². The van der Waals surface area contributed by atoms with Gasteiger partial charge in [-0.25, -0.2) is 4.79 Å². The first-order valence-corrected chi connectivity index (χ1v) is 6.56. The van der Waals surface area contributed by atoms with E-state index in [9.17, 15) is 9.90 Å². The van der Waals surface area contributed by atoms with Crippen LogP contribution in [0.3, 0.4) is 0 Å². The highest BCUT2D eigenvalue weighted by Crippen LogP contribution is 2.35. The summed E-state index contributed by atoms with van der Waals surface area (Å²) < 4.78 is 10.5. The molecule has 0 saturated carbocycles. The topological polar surface area (TPSA) is 55.8 Å². The van der Waals surface area contributed by atoms with Crippen molar-refractivity contribution < 1.29 is 19.4 Å². The third kappa shape index (κ3) is 2.60. The van der Waals surface area contributed by atoms with E-state index < -0.39 is 5.97 Å². The van der Waals surface area contributed by atoms with Gasteiger partial charge >= 0.3 is 5.97 Å². The molecule has 106 valence electrons. The van der Waals surface area contributed by atoms with Crippen LogP contribution in [0, 0.1) is 6.92 Å². The predicted octanol–water partition coefficient (Wildman–Crippen LogP) is 3.35. The molecule has 0 bridgehead atoms. The van der Waals surface area contributed by atoms with Crippen molar-refractivity contribution in [1.29, 1.82) is 0 Å². The molecule has 0 atom stereocenters. The number of carboxylic acid groups (broad SMARTS) is 1. The minimum Gasteiger partial charge on any atom is -0.478 e. The van der Waals surface area contributed by atoms with E-state index >= 15 is 0 Å². The molecule has 0 spiro atoms. The summed E-state index contributed by atoms with van der Waals surface area (Å²) in [6, 6.07) is 12.8. The Labute approximate surface area is 122 Å². The Morgan fingerprint density at radius 2 is 1.90 bits per heavy atom. The molecular formula is C17H14O4. The standard InChI is InChI=1S/C17H14O4/c1-11-4-2-3-5-12(11)8-14(17(18)19)13-6-7-15-16(9-13)21-10-20-15/h2-9H,10H2,1H3,(H,18,19)/b14-8-. The van der Waals surface area contributed by atoms with Gasteiger partial charge in [-0.3, -0.25) is 0 Å². The number of rotatable bonds is 3. The summed E-state index contributed by atoms with van der Waals surface area (Å²) in [6.07, 6.45) is 1.68. The fraction of sp³-hybridized carbons (Fsp3) is 0.118. The van der Waals surface area contributed by atoms with Crippen LogP contribution in [0.2, 0.25) is 0 Å². The third-order valence-electron chi connectivity index (χ3n) is 3.40. The normalized spacial score (nSPS) is 13.3. The molecule has 1 aliphatic rings. The summed E-state index contributed by atoms with van der Waals surface area (Å²) >= 11 is 0. The summed E-state index contributed by atoms with van der Waals surface area (Å²) in [6.45, 7) is 2.12. The molecule has 1 N–H and O–H groups in total. The van der Waals surface area contributed by atoms with E-state index in [1.807, 2.05) is 31.2 Å². The lowest BCUT2D eigenvalue weighted by atomic mass is 10.00. The summed E-state index contributed by atoms with van der Waals surface area (Å²) in [5.74, 6) is 0.237. The van der Waals surface area contributed by atoms with Gasteiger partial charge in [0.2, 0.25) is 6.79 Å². The first kappa shape index (κ1) is 13.2. The number of benzene rings is 2. The lowest BCUT2D eigenvalue weighted by molar-refractivity contribution is -0.130. The Bertz CT molecular complexity index is 731. The van der Waals surface area contributed by atoms with Crippen molar-refractivity contribution in [1.82, 2.24) is 0 Å². The van der Waals surface area contributed by atoms with Crippen molar-refractivity contribution in [2.75, 3.05) is 6.79 Å². The van der Waals surface area contributed by atoms with Gasteiger partial charge in [0.25, 0.3) is 0 Å². The van der Waals surface area contributed by atoms with Gasteiger partial charge < -0.3 is 14.6 Å². The van der Waals surface area contributed by atoms with E-state index in [0.717, 1.165) is 11.1 Å². The van der Waals surface area contributed by atoms with E-state index in [-0.39, 0.29) is 12.4 Å². The van der Waals surface area contributed by atoms with Gasteiger partial charge in [0.1, 0.15) is 0 Å². The van der Waals surface area contributed by atoms with Crippen LogP contribution >= 0.6 is 0 Å². The number of aliphatic carboxylic acids is 1. The summed E-state index contributed by atoms with van der Waals surface area (Å²) in [5.41, 5.74) is 2.72. The molecular weight excluding hydrogens is 268 g/mol. The summed E-state index contributed by atoms with van der Waals surface area (Å²) in [7, 11) is 0. The van der Waals surface area contributed by atoms with Crippen LogP contribution in [-0.4, -0.2) is 17.9 Å². The number of hydrogen-bond donors (Lipinski definition) is 1. The number of fused-ring (bicyclic) bond motifs is 1. The molecule has 0 amide bonds. The number of carboxylic acids is 1. The molecule has 0 unspecified atom stereocenters. The molecule has 1 aliphatic heterocycles. The molecule has 1 heterocycles. The zero-order valence-electron chi connectivity index (χ0n) is 11.5. The Kier molecular flexibility index (Phi) is 3.36. The smallest absolute Gasteiger partial charge is 0.336 e. The van der Waals surface area contributed by atoms with Crippen LogP contribution in [-0.2, 0) is 4.79 Å². The van der Waals surface area contributed by atoms with Crippen molar-refractivity contribution in [3.63, 3.8) is 0 Å². The zero-order chi connectivity index (χ0) is 14.8. The van der Waals surface area contributed by atoms with Gasteiger partial charge in [-0.05, 0) is 41.8 Å². The van der Waals surface area contributed by atoms with Crippen molar-refractivity contribution in [2.45, 2.75) is 6.92 Å². The Morgan fingerprint density at radius 1 is 1.14 bits per heavy atom. The summed E-state index contributed by atoms with van der Waals surface area (Å²) in [5, 5.41) is 9.49. The van der Waals surface area contributed by atoms with Crippen molar-refractivity contribution in [3.05, 3.63) is 59.2 Å². The molecule has 4 heteroatoms. The van der Waals surface area contributed by atoms with Gasteiger partial charge in [0, 0.05) is 0 Å². The highest BCUT2D eigenvalue weighted by molar-refractivity contribution is 6.20. The van der Waals surface area contributed by atoms with E-state index in [2.05, 4.69) is 0 Å². The first-order chi connectivity index (χ1) is 10.1.